The van der Waals surface area contributed by atoms with Crippen molar-refractivity contribution in [3.8, 4) is 0 Å². The Morgan fingerprint density at radius 1 is 1.53 bits per heavy atom. The van der Waals surface area contributed by atoms with Crippen molar-refractivity contribution in [2.45, 2.75) is 32.4 Å². The molecule has 1 aromatic rings. The fourth-order valence-corrected chi connectivity index (χ4v) is 2.84. The van der Waals surface area contributed by atoms with Crippen molar-refractivity contribution in [2.75, 3.05) is 13.2 Å². The predicted octanol–water partition coefficient (Wildman–Crippen LogP) is 2.82. The third-order valence-corrected chi connectivity index (χ3v) is 4.21. The van der Waals surface area contributed by atoms with Gasteiger partial charge >= 0.3 is 0 Å². The molecule has 84 valence electrons. The van der Waals surface area contributed by atoms with Gasteiger partial charge in [0.15, 0.2) is 0 Å². The molecule has 1 N–H and O–H groups in total. The van der Waals surface area contributed by atoms with E-state index < -0.39 is 0 Å². The number of ether oxygens (including phenoxy) is 1. The van der Waals surface area contributed by atoms with E-state index in [1.165, 1.54) is 11.3 Å². The van der Waals surface area contributed by atoms with E-state index in [2.05, 4.69) is 36.7 Å². The van der Waals surface area contributed by atoms with Crippen molar-refractivity contribution in [3.63, 3.8) is 0 Å². The Morgan fingerprint density at radius 3 is 3.00 bits per heavy atom. The summed E-state index contributed by atoms with van der Waals surface area (Å²) < 4.78 is 5.41. The van der Waals surface area contributed by atoms with Gasteiger partial charge in [-0.2, -0.15) is 0 Å². The fraction of sp³-hybridized carbons (Fsp3) is 0.667. The molecule has 2 nitrogen and oxygen atoms in total. The summed E-state index contributed by atoms with van der Waals surface area (Å²) in [6.07, 6.45) is 1.20. The highest BCUT2D eigenvalue weighted by molar-refractivity contribution is 7.10. The molecule has 0 spiro atoms. The summed E-state index contributed by atoms with van der Waals surface area (Å²) in [5.41, 5.74) is 0. The maximum absolute atomic E-state index is 5.41. The zero-order valence-corrected chi connectivity index (χ0v) is 10.2. The lowest BCUT2D eigenvalue weighted by Crippen LogP contribution is -2.35. The first kappa shape index (κ1) is 11.1. The lowest BCUT2D eigenvalue weighted by atomic mass is 10.00. The van der Waals surface area contributed by atoms with Crippen LogP contribution < -0.4 is 5.32 Å². The van der Waals surface area contributed by atoms with Gasteiger partial charge in [-0.05, 0) is 37.6 Å². The number of hydrogen-bond donors (Lipinski definition) is 1. The quantitative estimate of drug-likeness (QED) is 0.851. The molecule has 3 heteroatoms. The molecule has 1 aliphatic heterocycles. The first-order valence-corrected chi connectivity index (χ1v) is 6.52. The first-order chi connectivity index (χ1) is 7.27. The second kappa shape index (κ2) is 5.10. The average molecular weight is 225 g/mol. The number of thiophene rings is 1. The van der Waals surface area contributed by atoms with Crippen molar-refractivity contribution < 1.29 is 4.74 Å². The summed E-state index contributed by atoms with van der Waals surface area (Å²) in [6.45, 7) is 6.36. The van der Waals surface area contributed by atoms with Gasteiger partial charge in [0.1, 0.15) is 0 Å². The van der Waals surface area contributed by atoms with Crippen molar-refractivity contribution in [1.82, 2.24) is 5.32 Å². The van der Waals surface area contributed by atoms with Gasteiger partial charge in [-0.3, -0.25) is 0 Å². The maximum Gasteiger partial charge on any atom is 0.0509 e. The second-order valence-electron chi connectivity index (χ2n) is 4.32. The average Bonchev–Trinajstić information content (AvgIpc) is 2.91. The first-order valence-electron chi connectivity index (χ1n) is 5.64. The molecule has 2 heterocycles. The summed E-state index contributed by atoms with van der Waals surface area (Å²) >= 11 is 1.82. The van der Waals surface area contributed by atoms with Crippen LogP contribution in [0.15, 0.2) is 17.5 Å². The molecule has 0 aromatic carbocycles. The van der Waals surface area contributed by atoms with Crippen molar-refractivity contribution >= 4 is 11.3 Å². The Bertz CT molecular complexity index is 280. The molecule has 0 aliphatic carbocycles. The molecule has 15 heavy (non-hydrogen) atoms. The fourth-order valence-electron chi connectivity index (χ4n) is 2.10. The minimum atomic E-state index is 0.459. The molecule has 0 amide bonds. The third-order valence-electron chi connectivity index (χ3n) is 3.15. The largest absolute Gasteiger partial charge is 0.381 e. The molecule has 1 aliphatic rings. The minimum absolute atomic E-state index is 0.459. The monoisotopic (exact) mass is 225 g/mol. The van der Waals surface area contributed by atoms with Crippen LogP contribution in [0, 0.1) is 5.92 Å². The lowest BCUT2D eigenvalue weighted by molar-refractivity contribution is 0.177. The highest BCUT2D eigenvalue weighted by Gasteiger charge is 2.23. The van der Waals surface area contributed by atoms with Crippen LogP contribution in [-0.4, -0.2) is 19.3 Å². The Kier molecular flexibility index (Phi) is 3.78. The number of nitrogens with one attached hydrogen (secondary N) is 1. The van der Waals surface area contributed by atoms with Gasteiger partial charge in [0.05, 0.1) is 6.61 Å². The Balaban J connectivity index is 1.85. The molecule has 0 saturated carbocycles. The van der Waals surface area contributed by atoms with Gasteiger partial charge in [0.2, 0.25) is 0 Å². The molecular weight excluding hydrogens is 206 g/mol. The Morgan fingerprint density at radius 2 is 2.40 bits per heavy atom. The van der Waals surface area contributed by atoms with Crippen LogP contribution in [0.4, 0.5) is 0 Å². The lowest BCUT2D eigenvalue weighted by Gasteiger charge is -2.23. The smallest absolute Gasteiger partial charge is 0.0509 e. The summed E-state index contributed by atoms with van der Waals surface area (Å²) in [5, 5.41) is 5.79. The van der Waals surface area contributed by atoms with Crippen LogP contribution in [-0.2, 0) is 4.74 Å². The van der Waals surface area contributed by atoms with Crippen molar-refractivity contribution in [3.05, 3.63) is 22.4 Å². The van der Waals surface area contributed by atoms with E-state index >= 15 is 0 Å². The second-order valence-corrected chi connectivity index (χ2v) is 5.30. The van der Waals surface area contributed by atoms with E-state index in [4.69, 9.17) is 4.74 Å². The van der Waals surface area contributed by atoms with Crippen LogP contribution in [0.25, 0.3) is 0 Å². The predicted molar refractivity (Wildman–Crippen MR) is 64.3 cm³/mol. The molecule has 0 radical (unpaired) electrons. The van der Waals surface area contributed by atoms with Crippen molar-refractivity contribution in [1.29, 1.82) is 0 Å². The Labute approximate surface area is 95.6 Å². The van der Waals surface area contributed by atoms with Gasteiger partial charge in [-0.15, -0.1) is 11.3 Å². The summed E-state index contributed by atoms with van der Waals surface area (Å²) in [4.78, 5) is 1.42. The zero-order chi connectivity index (χ0) is 10.7. The molecule has 1 aromatic heterocycles. The number of rotatable bonds is 4. The van der Waals surface area contributed by atoms with Gasteiger partial charge in [-0.25, -0.2) is 0 Å². The van der Waals surface area contributed by atoms with Crippen LogP contribution in [0.3, 0.4) is 0 Å². The number of hydrogen-bond acceptors (Lipinski definition) is 3. The zero-order valence-electron chi connectivity index (χ0n) is 9.40. The van der Waals surface area contributed by atoms with E-state index in [1.54, 1.807) is 0 Å². The molecule has 3 atom stereocenters. The van der Waals surface area contributed by atoms with Crippen molar-refractivity contribution in [2.24, 2.45) is 5.92 Å². The topological polar surface area (TPSA) is 21.3 Å². The molecule has 2 unspecified atom stereocenters. The normalized spacial score (nSPS) is 25.3. The molecule has 1 saturated heterocycles. The highest BCUT2D eigenvalue weighted by atomic mass is 32.1. The van der Waals surface area contributed by atoms with E-state index in [9.17, 15) is 0 Å². The standard InChI is InChI=1S/C12H19NOS/c1-9(11-5-6-14-8-11)13-10(2)12-4-3-7-15-12/h3-4,7,9-11,13H,5-6,8H2,1-2H3/t9?,10-,11?/m0/s1. The van der Waals surface area contributed by atoms with Gasteiger partial charge < -0.3 is 10.1 Å². The third kappa shape index (κ3) is 2.80. The van der Waals surface area contributed by atoms with E-state index in [1.807, 2.05) is 11.3 Å². The highest BCUT2D eigenvalue weighted by Crippen LogP contribution is 2.22. The maximum atomic E-state index is 5.41. The van der Waals surface area contributed by atoms with Gasteiger partial charge in [-0.1, -0.05) is 6.07 Å². The summed E-state index contributed by atoms with van der Waals surface area (Å²) in [5.74, 6) is 0.687. The Hall–Kier alpha value is -0.380. The van der Waals surface area contributed by atoms with E-state index in [0.717, 1.165) is 13.2 Å². The minimum Gasteiger partial charge on any atom is -0.381 e. The SMILES string of the molecule is CC(N[C@@H](C)c1cccs1)C1CCOC1. The summed E-state index contributed by atoms with van der Waals surface area (Å²) in [7, 11) is 0. The molecular formula is C12H19NOS. The van der Waals surface area contributed by atoms with Crippen LogP contribution in [0.2, 0.25) is 0 Å². The van der Waals surface area contributed by atoms with Gasteiger partial charge in [0, 0.05) is 23.6 Å². The molecule has 0 bridgehead atoms. The van der Waals surface area contributed by atoms with E-state index in [0.29, 0.717) is 18.0 Å². The van der Waals surface area contributed by atoms with Crippen LogP contribution in [0.5, 0.6) is 0 Å². The molecule has 1 fully saturated rings. The summed E-state index contributed by atoms with van der Waals surface area (Å²) in [6, 6.07) is 5.31. The van der Waals surface area contributed by atoms with Gasteiger partial charge in [0.25, 0.3) is 0 Å². The van der Waals surface area contributed by atoms with E-state index in [-0.39, 0.29) is 0 Å². The van der Waals surface area contributed by atoms with Crippen LogP contribution >= 0.6 is 11.3 Å². The molecule has 2 rings (SSSR count). The van der Waals surface area contributed by atoms with Crippen LogP contribution in [0.1, 0.15) is 31.2 Å².